The minimum absolute atomic E-state index is 0.282. The molecule has 164 valence electrons. The Morgan fingerprint density at radius 2 is 1.71 bits per heavy atom. The number of benzene rings is 2. The molecule has 0 aliphatic carbocycles. The number of halogens is 3. The summed E-state index contributed by atoms with van der Waals surface area (Å²) in [6.45, 7) is 9.92. The number of likely N-dealkylation sites (N-methyl/N-ethyl adjacent to an activating group) is 1. The highest BCUT2D eigenvalue weighted by Crippen LogP contribution is 2.33. The molecule has 0 aromatic heterocycles. The average Bonchev–Trinajstić information content (AvgIpc) is 2.72. The SMILES string of the molecule is C=C(C)S/C(=C\c1cccc(CCc2ccccc2C(F)(F)F)c1C=NC)C(=C)NC. The van der Waals surface area contributed by atoms with E-state index in [2.05, 4.69) is 23.5 Å². The maximum Gasteiger partial charge on any atom is 0.416 e. The minimum atomic E-state index is -4.36. The molecule has 2 aromatic carbocycles. The Balaban J connectivity index is 2.44. The first-order chi connectivity index (χ1) is 14.7. The van der Waals surface area contributed by atoms with Crippen LogP contribution in [0, 0.1) is 0 Å². The first-order valence-corrected chi connectivity index (χ1v) is 10.6. The van der Waals surface area contributed by atoms with Gasteiger partial charge in [-0.1, -0.05) is 61.3 Å². The van der Waals surface area contributed by atoms with E-state index in [1.807, 2.05) is 31.2 Å². The fraction of sp³-hybridized carbons (Fsp3) is 0.240. The van der Waals surface area contributed by atoms with E-state index in [-0.39, 0.29) is 12.0 Å². The molecule has 0 spiro atoms. The van der Waals surface area contributed by atoms with Gasteiger partial charge in [0.25, 0.3) is 0 Å². The number of nitrogens with one attached hydrogen (secondary N) is 1. The third-order valence-corrected chi connectivity index (χ3v) is 5.58. The fourth-order valence-corrected chi connectivity index (χ4v) is 3.96. The number of nitrogens with zero attached hydrogens (tertiary/aromatic N) is 1. The van der Waals surface area contributed by atoms with Gasteiger partial charge in [-0.25, -0.2) is 0 Å². The lowest BCUT2D eigenvalue weighted by atomic mass is 9.94. The first-order valence-electron chi connectivity index (χ1n) is 9.78. The molecule has 1 N–H and O–H groups in total. The highest BCUT2D eigenvalue weighted by molar-refractivity contribution is 8.07. The quantitative estimate of drug-likeness (QED) is 0.337. The van der Waals surface area contributed by atoms with Gasteiger partial charge >= 0.3 is 6.18 Å². The van der Waals surface area contributed by atoms with Gasteiger partial charge in [0.05, 0.1) is 5.56 Å². The number of thioether (sulfide) groups is 1. The van der Waals surface area contributed by atoms with E-state index < -0.39 is 11.7 Å². The highest BCUT2D eigenvalue weighted by Gasteiger charge is 2.32. The standard InChI is InChI=1S/C25H27F3N2S/c1-17(2)31-24(18(3)30-5)15-21-11-8-10-19(22(21)16-29-4)13-14-20-9-6-7-12-23(20)25(26,27)28/h6-12,15-16,30H,1,3,13-14H2,2,4-5H3/b24-15-,29-16?. The number of aryl methyl sites for hydroxylation is 2. The maximum absolute atomic E-state index is 13.3. The summed E-state index contributed by atoms with van der Waals surface area (Å²) in [6, 6.07) is 11.5. The number of aliphatic imine (C=N–C) groups is 1. The molecule has 0 fully saturated rings. The third kappa shape index (κ3) is 6.89. The zero-order chi connectivity index (χ0) is 23.0. The van der Waals surface area contributed by atoms with Gasteiger partial charge in [0.15, 0.2) is 0 Å². The number of allylic oxidation sites excluding steroid dienone is 1. The second kappa shape index (κ2) is 11.0. The van der Waals surface area contributed by atoms with Crippen molar-refractivity contribution in [2.24, 2.45) is 4.99 Å². The topological polar surface area (TPSA) is 24.4 Å². The van der Waals surface area contributed by atoms with Crippen LogP contribution < -0.4 is 5.32 Å². The van der Waals surface area contributed by atoms with Gasteiger partial charge < -0.3 is 5.32 Å². The normalized spacial score (nSPS) is 12.3. The molecule has 2 rings (SSSR count). The van der Waals surface area contributed by atoms with Gasteiger partial charge in [-0.05, 0) is 53.5 Å². The van der Waals surface area contributed by atoms with Crippen molar-refractivity contribution in [2.45, 2.75) is 25.9 Å². The Labute approximate surface area is 186 Å². The minimum Gasteiger partial charge on any atom is -0.388 e. The van der Waals surface area contributed by atoms with Crippen molar-refractivity contribution in [3.63, 3.8) is 0 Å². The Morgan fingerprint density at radius 3 is 2.32 bits per heavy atom. The lowest BCUT2D eigenvalue weighted by Gasteiger charge is -2.15. The van der Waals surface area contributed by atoms with Gasteiger partial charge in [-0.3, -0.25) is 4.99 Å². The molecule has 31 heavy (non-hydrogen) atoms. The fourth-order valence-electron chi connectivity index (χ4n) is 3.18. The van der Waals surface area contributed by atoms with Crippen molar-refractivity contribution >= 4 is 24.1 Å². The summed E-state index contributed by atoms with van der Waals surface area (Å²) in [5, 5.41) is 3.06. The van der Waals surface area contributed by atoms with Crippen LogP contribution in [0.15, 0.2) is 76.1 Å². The number of hydrogen-bond donors (Lipinski definition) is 1. The molecule has 0 heterocycles. The van der Waals surface area contributed by atoms with Crippen LogP contribution in [0.4, 0.5) is 13.2 Å². The van der Waals surface area contributed by atoms with E-state index in [1.54, 1.807) is 32.4 Å². The molecule has 0 aliphatic rings. The van der Waals surface area contributed by atoms with Crippen molar-refractivity contribution < 1.29 is 13.2 Å². The highest BCUT2D eigenvalue weighted by atomic mass is 32.2. The summed E-state index contributed by atoms with van der Waals surface area (Å²) in [5.41, 5.74) is 3.22. The summed E-state index contributed by atoms with van der Waals surface area (Å²) >= 11 is 1.51. The predicted octanol–water partition coefficient (Wildman–Crippen LogP) is 6.88. The zero-order valence-electron chi connectivity index (χ0n) is 18.0. The molecule has 0 atom stereocenters. The van der Waals surface area contributed by atoms with Gasteiger partial charge in [0.2, 0.25) is 0 Å². The van der Waals surface area contributed by atoms with Crippen molar-refractivity contribution in [3.8, 4) is 0 Å². The van der Waals surface area contributed by atoms with Crippen LogP contribution in [0.5, 0.6) is 0 Å². The number of hydrogen-bond acceptors (Lipinski definition) is 3. The van der Waals surface area contributed by atoms with Gasteiger partial charge in [0, 0.05) is 36.5 Å². The van der Waals surface area contributed by atoms with Crippen LogP contribution in [0.3, 0.4) is 0 Å². The van der Waals surface area contributed by atoms with Gasteiger partial charge in [-0.15, -0.1) is 0 Å². The molecule has 0 unspecified atom stereocenters. The number of rotatable bonds is 9. The molecule has 0 amide bonds. The first kappa shape index (κ1) is 24.5. The van der Waals surface area contributed by atoms with E-state index in [0.717, 1.165) is 38.3 Å². The lowest BCUT2D eigenvalue weighted by molar-refractivity contribution is -0.138. The average molecular weight is 445 g/mol. The lowest BCUT2D eigenvalue weighted by Crippen LogP contribution is -2.10. The maximum atomic E-state index is 13.3. The zero-order valence-corrected chi connectivity index (χ0v) is 18.8. The van der Waals surface area contributed by atoms with E-state index in [9.17, 15) is 13.2 Å². The third-order valence-electron chi connectivity index (χ3n) is 4.64. The Bertz CT molecular complexity index is 1000. The number of alkyl halides is 3. The summed E-state index contributed by atoms with van der Waals surface area (Å²) in [7, 11) is 3.48. The second-order valence-electron chi connectivity index (χ2n) is 7.00. The van der Waals surface area contributed by atoms with Crippen LogP contribution >= 0.6 is 11.8 Å². The van der Waals surface area contributed by atoms with E-state index >= 15 is 0 Å². The summed E-state index contributed by atoms with van der Waals surface area (Å²) in [5.74, 6) is 0. The molecule has 6 heteroatoms. The monoisotopic (exact) mass is 444 g/mol. The molecule has 0 saturated heterocycles. The van der Waals surface area contributed by atoms with Crippen molar-refractivity contribution in [3.05, 3.63) is 98.9 Å². The Kier molecular flexibility index (Phi) is 8.75. The largest absolute Gasteiger partial charge is 0.416 e. The molecule has 0 bridgehead atoms. The van der Waals surface area contributed by atoms with Crippen LogP contribution in [0.25, 0.3) is 6.08 Å². The van der Waals surface area contributed by atoms with Crippen molar-refractivity contribution in [2.75, 3.05) is 14.1 Å². The Hall–Kier alpha value is -2.73. The van der Waals surface area contributed by atoms with Crippen LogP contribution in [-0.2, 0) is 19.0 Å². The molecule has 2 nitrogen and oxygen atoms in total. The molecule has 0 aliphatic heterocycles. The summed E-state index contributed by atoms with van der Waals surface area (Å²) in [6.07, 6.45) is 0.136. The van der Waals surface area contributed by atoms with Gasteiger partial charge in [-0.2, -0.15) is 13.2 Å². The van der Waals surface area contributed by atoms with E-state index in [0.29, 0.717) is 6.42 Å². The van der Waals surface area contributed by atoms with Crippen LogP contribution in [0.1, 0.15) is 34.7 Å². The van der Waals surface area contributed by atoms with Crippen LogP contribution in [-0.4, -0.2) is 20.3 Å². The van der Waals surface area contributed by atoms with Crippen molar-refractivity contribution in [1.29, 1.82) is 0 Å². The molecular formula is C25H27F3N2S. The van der Waals surface area contributed by atoms with Gasteiger partial charge in [0.1, 0.15) is 0 Å². The van der Waals surface area contributed by atoms with Crippen LogP contribution in [0.2, 0.25) is 0 Å². The van der Waals surface area contributed by atoms with E-state index in [4.69, 9.17) is 0 Å². The van der Waals surface area contributed by atoms with E-state index in [1.165, 1.54) is 17.8 Å². The summed E-state index contributed by atoms with van der Waals surface area (Å²) in [4.78, 5) is 6.02. The molecule has 2 aromatic rings. The predicted molar refractivity (Wildman–Crippen MR) is 127 cm³/mol. The smallest absolute Gasteiger partial charge is 0.388 e. The molecule has 0 saturated carbocycles. The summed E-state index contributed by atoms with van der Waals surface area (Å²) < 4.78 is 40.0. The molecule has 0 radical (unpaired) electrons. The Morgan fingerprint density at radius 1 is 1.06 bits per heavy atom. The molecular weight excluding hydrogens is 417 g/mol. The van der Waals surface area contributed by atoms with Crippen molar-refractivity contribution in [1.82, 2.24) is 5.32 Å². The second-order valence-corrected chi connectivity index (χ2v) is 8.34.